The third-order valence-electron chi connectivity index (χ3n) is 3.03. The van der Waals surface area contributed by atoms with E-state index >= 15 is 0 Å². The highest BCUT2D eigenvalue weighted by Crippen LogP contribution is 2.17. The first kappa shape index (κ1) is 14.2. The normalized spacial score (nSPS) is 10.4. The SMILES string of the molecule is O=C(Cc1cccc(Cl)c1)Nc1ccc(-c2nn[nH]n2)cc1. The van der Waals surface area contributed by atoms with E-state index < -0.39 is 0 Å². The molecule has 22 heavy (non-hydrogen) atoms. The van der Waals surface area contributed by atoms with Crippen LogP contribution in [0.25, 0.3) is 11.4 Å². The molecular formula is C15H12ClN5O. The van der Waals surface area contributed by atoms with Crippen LogP contribution >= 0.6 is 11.6 Å². The number of carbonyl (C=O) groups is 1. The van der Waals surface area contributed by atoms with Crippen LogP contribution in [0.15, 0.2) is 48.5 Å². The van der Waals surface area contributed by atoms with Gasteiger partial charge in [-0.2, -0.15) is 5.21 Å². The van der Waals surface area contributed by atoms with Crippen molar-refractivity contribution in [1.29, 1.82) is 0 Å². The number of aromatic nitrogens is 4. The fraction of sp³-hybridized carbons (Fsp3) is 0.0667. The second kappa shape index (κ2) is 6.36. The minimum Gasteiger partial charge on any atom is -0.326 e. The number of nitrogens with one attached hydrogen (secondary N) is 2. The standard InChI is InChI=1S/C15H12ClN5O/c16-12-3-1-2-10(8-12)9-14(22)17-13-6-4-11(5-7-13)15-18-20-21-19-15/h1-8H,9H2,(H,17,22)(H,18,19,20,21). The molecule has 0 aliphatic rings. The van der Waals surface area contributed by atoms with E-state index in [2.05, 4.69) is 25.9 Å². The Morgan fingerprint density at radius 3 is 2.68 bits per heavy atom. The van der Waals surface area contributed by atoms with Gasteiger partial charge in [0, 0.05) is 16.3 Å². The van der Waals surface area contributed by atoms with E-state index in [1.165, 1.54) is 0 Å². The van der Waals surface area contributed by atoms with E-state index in [1.54, 1.807) is 24.3 Å². The number of rotatable bonds is 4. The molecule has 7 heteroatoms. The molecule has 0 bridgehead atoms. The molecule has 1 heterocycles. The summed E-state index contributed by atoms with van der Waals surface area (Å²) in [5, 5.41) is 17.1. The summed E-state index contributed by atoms with van der Waals surface area (Å²) in [5.74, 6) is 0.409. The van der Waals surface area contributed by atoms with Crippen LogP contribution < -0.4 is 5.32 Å². The number of halogens is 1. The quantitative estimate of drug-likeness (QED) is 0.775. The third-order valence-corrected chi connectivity index (χ3v) is 3.26. The second-order valence-corrected chi connectivity index (χ2v) is 5.10. The smallest absolute Gasteiger partial charge is 0.228 e. The van der Waals surface area contributed by atoms with Crippen molar-refractivity contribution in [3.63, 3.8) is 0 Å². The third kappa shape index (κ3) is 3.48. The predicted molar refractivity (Wildman–Crippen MR) is 83.4 cm³/mol. The molecule has 1 amide bonds. The number of hydrogen-bond acceptors (Lipinski definition) is 4. The lowest BCUT2D eigenvalue weighted by molar-refractivity contribution is -0.115. The van der Waals surface area contributed by atoms with E-state index in [-0.39, 0.29) is 12.3 Å². The van der Waals surface area contributed by atoms with Gasteiger partial charge in [0.25, 0.3) is 0 Å². The molecule has 0 radical (unpaired) electrons. The Labute approximate surface area is 131 Å². The van der Waals surface area contributed by atoms with Gasteiger partial charge in [-0.25, -0.2) is 0 Å². The average Bonchev–Trinajstić information content (AvgIpc) is 3.02. The largest absolute Gasteiger partial charge is 0.326 e. The van der Waals surface area contributed by atoms with Gasteiger partial charge in [0.1, 0.15) is 0 Å². The molecule has 0 fully saturated rings. The van der Waals surface area contributed by atoms with Gasteiger partial charge in [-0.15, -0.1) is 10.2 Å². The fourth-order valence-corrected chi connectivity index (χ4v) is 2.24. The molecule has 6 nitrogen and oxygen atoms in total. The zero-order chi connectivity index (χ0) is 15.4. The molecule has 0 saturated carbocycles. The number of tetrazole rings is 1. The summed E-state index contributed by atoms with van der Waals surface area (Å²) in [6, 6.07) is 14.5. The predicted octanol–water partition coefficient (Wildman–Crippen LogP) is 2.70. The van der Waals surface area contributed by atoms with Gasteiger partial charge < -0.3 is 5.32 Å². The maximum absolute atomic E-state index is 12.0. The number of hydrogen-bond donors (Lipinski definition) is 2. The van der Waals surface area contributed by atoms with Gasteiger partial charge in [0.15, 0.2) is 0 Å². The average molecular weight is 314 g/mol. The van der Waals surface area contributed by atoms with Gasteiger partial charge in [-0.1, -0.05) is 23.7 Å². The Morgan fingerprint density at radius 1 is 1.18 bits per heavy atom. The first-order valence-electron chi connectivity index (χ1n) is 6.59. The van der Waals surface area contributed by atoms with Gasteiger partial charge in [-0.05, 0) is 47.2 Å². The van der Waals surface area contributed by atoms with E-state index in [0.717, 1.165) is 11.1 Å². The first-order chi connectivity index (χ1) is 10.7. The van der Waals surface area contributed by atoms with E-state index in [1.807, 2.05) is 24.3 Å². The van der Waals surface area contributed by atoms with Crippen LogP contribution in [0, 0.1) is 0 Å². The van der Waals surface area contributed by atoms with Crippen molar-refractivity contribution in [3.8, 4) is 11.4 Å². The van der Waals surface area contributed by atoms with Gasteiger partial charge in [-0.3, -0.25) is 4.79 Å². The summed E-state index contributed by atoms with van der Waals surface area (Å²) in [7, 11) is 0. The van der Waals surface area contributed by atoms with Crippen LogP contribution in [0.2, 0.25) is 5.02 Å². The van der Waals surface area contributed by atoms with Gasteiger partial charge >= 0.3 is 0 Å². The van der Waals surface area contributed by atoms with Crippen molar-refractivity contribution in [3.05, 3.63) is 59.1 Å². The van der Waals surface area contributed by atoms with Crippen LogP contribution in [0.1, 0.15) is 5.56 Å². The Bertz CT molecular complexity index is 771. The molecule has 110 valence electrons. The topological polar surface area (TPSA) is 83.6 Å². The molecule has 0 unspecified atom stereocenters. The molecule has 3 rings (SSSR count). The number of amides is 1. The van der Waals surface area contributed by atoms with Crippen molar-refractivity contribution in [1.82, 2.24) is 20.6 Å². The lowest BCUT2D eigenvalue weighted by Gasteiger charge is -2.06. The molecule has 0 aliphatic carbocycles. The van der Waals surface area contributed by atoms with Crippen molar-refractivity contribution in [2.45, 2.75) is 6.42 Å². The number of benzene rings is 2. The molecule has 0 aliphatic heterocycles. The molecule has 0 atom stereocenters. The van der Waals surface area contributed by atoms with E-state index in [4.69, 9.17) is 11.6 Å². The van der Waals surface area contributed by atoms with Crippen LogP contribution in [0.5, 0.6) is 0 Å². The first-order valence-corrected chi connectivity index (χ1v) is 6.97. The Morgan fingerprint density at radius 2 is 2.00 bits per heavy atom. The monoisotopic (exact) mass is 313 g/mol. The molecule has 1 aromatic heterocycles. The minimum atomic E-state index is -0.102. The molecule has 2 N–H and O–H groups in total. The summed E-state index contributed by atoms with van der Waals surface area (Å²) in [4.78, 5) is 12.0. The lowest BCUT2D eigenvalue weighted by atomic mass is 10.1. The summed E-state index contributed by atoms with van der Waals surface area (Å²) in [5.41, 5.74) is 2.40. The highest BCUT2D eigenvalue weighted by atomic mass is 35.5. The summed E-state index contributed by atoms with van der Waals surface area (Å²) in [6.45, 7) is 0. The van der Waals surface area contributed by atoms with Crippen LogP contribution in [-0.2, 0) is 11.2 Å². The van der Waals surface area contributed by atoms with Crippen molar-refractivity contribution in [2.24, 2.45) is 0 Å². The van der Waals surface area contributed by atoms with Crippen LogP contribution in [-0.4, -0.2) is 26.5 Å². The molecule has 2 aromatic carbocycles. The Balaban J connectivity index is 1.64. The Kier molecular flexibility index (Phi) is 4.11. The number of nitrogens with zero attached hydrogens (tertiary/aromatic N) is 3. The number of H-pyrrole nitrogens is 1. The van der Waals surface area contributed by atoms with Crippen LogP contribution in [0.3, 0.4) is 0 Å². The highest BCUT2D eigenvalue weighted by Gasteiger charge is 2.06. The maximum atomic E-state index is 12.0. The van der Waals surface area contributed by atoms with Crippen molar-refractivity contribution >= 4 is 23.2 Å². The summed E-state index contributed by atoms with van der Waals surface area (Å²) >= 11 is 5.90. The zero-order valence-corrected chi connectivity index (χ0v) is 12.2. The van der Waals surface area contributed by atoms with Crippen molar-refractivity contribution in [2.75, 3.05) is 5.32 Å². The van der Waals surface area contributed by atoms with Gasteiger partial charge in [0.2, 0.25) is 11.7 Å². The molecular weight excluding hydrogens is 302 g/mol. The number of carbonyl (C=O) groups excluding carboxylic acids is 1. The van der Waals surface area contributed by atoms with Crippen molar-refractivity contribution < 1.29 is 4.79 Å². The molecule has 0 saturated heterocycles. The Hall–Kier alpha value is -2.73. The summed E-state index contributed by atoms with van der Waals surface area (Å²) < 4.78 is 0. The number of aromatic amines is 1. The molecule has 0 spiro atoms. The van der Waals surface area contributed by atoms with Gasteiger partial charge in [0.05, 0.1) is 6.42 Å². The zero-order valence-electron chi connectivity index (χ0n) is 11.5. The van der Waals surface area contributed by atoms with E-state index in [0.29, 0.717) is 16.5 Å². The second-order valence-electron chi connectivity index (χ2n) is 4.67. The van der Waals surface area contributed by atoms with E-state index in [9.17, 15) is 4.79 Å². The minimum absolute atomic E-state index is 0.102. The summed E-state index contributed by atoms with van der Waals surface area (Å²) in [6.07, 6.45) is 0.271. The highest BCUT2D eigenvalue weighted by molar-refractivity contribution is 6.30. The fourth-order valence-electron chi connectivity index (χ4n) is 2.02. The molecule has 3 aromatic rings. The lowest BCUT2D eigenvalue weighted by Crippen LogP contribution is -2.14. The van der Waals surface area contributed by atoms with Crippen LogP contribution in [0.4, 0.5) is 5.69 Å². The maximum Gasteiger partial charge on any atom is 0.228 e. The number of anilines is 1.